The van der Waals surface area contributed by atoms with E-state index in [0.717, 1.165) is 12.8 Å². The van der Waals surface area contributed by atoms with Gasteiger partial charge in [0.2, 0.25) is 0 Å². The molecule has 0 aromatic carbocycles. The average Bonchev–Trinajstić information content (AvgIpc) is 1.30. The standard InChI is InChI=1S/C6H14O.Ca.2H/c1-4-5-6(2,3)7;;;/h7H,4-5H2,1-3H3;;;/q;+2;2*-1. The Morgan fingerprint density at radius 3 is 1.88 bits per heavy atom. The zero-order valence-electron chi connectivity index (χ0n) is 8.07. The zero-order chi connectivity index (χ0) is 5.91. The van der Waals surface area contributed by atoms with Gasteiger partial charge in [0.05, 0.1) is 5.60 Å². The zero-order valence-corrected chi connectivity index (χ0v) is 8.28. The van der Waals surface area contributed by atoms with Crippen LogP contribution in [0.3, 0.4) is 0 Å². The van der Waals surface area contributed by atoms with Crippen LogP contribution >= 0.6 is 0 Å². The molecule has 0 fully saturated rings. The van der Waals surface area contributed by atoms with Crippen molar-refractivity contribution in [2.75, 3.05) is 0 Å². The van der Waals surface area contributed by atoms with Crippen molar-refractivity contribution in [3.8, 4) is 0 Å². The minimum Gasteiger partial charge on any atom is -1.00 e. The van der Waals surface area contributed by atoms with Crippen molar-refractivity contribution in [2.45, 2.75) is 39.2 Å². The molecule has 0 unspecified atom stereocenters. The maximum Gasteiger partial charge on any atom is 2.00 e. The van der Waals surface area contributed by atoms with E-state index < -0.39 is 5.60 Å². The van der Waals surface area contributed by atoms with E-state index in [0.29, 0.717) is 0 Å². The van der Waals surface area contributed by atoms with E-state index >= 15 is 0 Å². The summed E-state index contributed by atoms with van der Waals surface area (Å²) in [6.45, 7) is 5.73. The van der Waals surface area contributed by atoms with Crippen LogP contribution in [-0.2, 0) is 0 Å². The molecule has 0 bridgehead atoms. The topological polar surface area (TPSA) is 20.2 Å². The van der Waals surface area contributed by atoms with Crippen molar-refractivity contribution < 1.29 is 7.96 Å². The van der Waals surface area contributed by atoms with Gasteiger partial charge in [-0.2, -0.15) is 0 Å². The van der Waals surface area contributed by atoms with Crippen LogP contribution in [0.1, 0.15) is 36.5 Å². The van der Waals surface area contributed by atoms with E-state index in [1.165, 1.54) is 0 Å². The van der Waals surface area contributed by atoms with E-state index in [1.54, 1.807) is 0 Å². The second-order valence-corrected chi connectivity index (χ2v) is 2.56. The summed E-state index contributed by atoms with van der Waals surface area (Å²) in [5.41, 5.74) is -0.450. The molecule has 0 aromatic heterocycles. The van der Waals surface area contributed by atoms with Gasteiger partial charge in [0.25, 0.3) is 0 Å². The van der Waals surface area contributed by atoms with Crippen LogP contribution in [0.15, 0.2) is 0 Å². The summed E-state index contributed by atoms with van der Waals surface area (Å²) in [5.74, 6) is 0. The van der Waals surface area contributed by atoms with Gasteiger partial charge in [-0.1, -0.05) is 13.3 Å². The van der Waals surface area contributed by atoms with Crippen molar-refractivity contribution in [1.29, 1.82) is 0 Å². The molecule has 0 aliphatic heterocycles. The summed E-state index contributed by atoms with van der Waals surface area (Å²) in [4.78, 5) is 0. The molecule has 0 radical (unpaired) electrons. The van der Waals surface area contributed by atoms with Gasteiger partial charge in [0.1, 0.15) is 0 Å². The summed E-state index contributed by atoms with van der Waals surface area (Å²) < 4.78 is 0. The van der Waals surface area contributed by atoms with Crippen LogP contribution in [0.4, 0.5) is 0 Å². The Morgan fingerprint density at radius 2 is 1.88 bits per heavy atom. The molecule has 0 heterocycles. The molecule has 0 rings (SSSR count). The van der Waals surface area contributed by atoms with Crippen LogP contribution < -0.4 is 0 Å². The first kappa shape index (κ1) is 12.0. The van der Waals surface area contributed by atoms with Crippen LogP contribution in [0.5, 0.6) is 0 Å². The van der Waals surface area contributed by atoms with Crippen molar-refractivity contribution in [1.82, 2.24) is 0 Å². The van der Waals surface area contributed by atoms with Gasteiger partial charge in [0, 0.05) is 0 Å². The van der Waals surface area contributed by atoms with E-state index in [-0.39, 0.29) is 40.6 Å². The van der Waals surface area contributed by atoms with E-state index in [2.05, 4.69) is 6.92 Å². The van der Waals surface area contributed by atoms with Gasteiger partial charge < -0.3 is 7.96 Å². The summed E-state index contributed by atoms with van der Waals surface area (Å²) in [7, 11) is 0. The van der Waals surface area contributed by atoms with E-state index in [1.807, 2.05) is 13.8 Å². The number of aliphatic hydroxyl groups is 1. The smallest absolute Gasteiger partial charge is 1.00 e. The molecule has 0 saturated carbocycles. The van der Waals surface area contributed by atoms with E-state index in [4.69, 9.17) is 5.11 Å². The van der Waals surface area contributed by atoms with Gasteiger partial charge in [-0.25, -0.2) is 0 Å². The third-order valence-electron chi connectivity index (χ3n) is 0.862. The van der Waals surface area contributed by atoms with Crippen LogP contribution in [0, 0.1) is 0 Å². The Hall–Kier alpha value is 1.22. The second kappa shape index (κ2) is 5.04. The molecule has 0 aliphatic carbocycles. The van der Waals surface area contributed by atoms with Crippen molar-refractivity contribution in [3.63, 3.8) is 0 Å². The first-order valence-electron chi connectivity index (χ1n) is 2.78. The van der Waals surface area contributed by atoms with Crippen LogP contribution in [0.25, 0.3) is 0 Å². The molecule has 0 atom stereocenters. The van der Waals surface area contributed by atoms with Crippen LogP contribution in [-0.4, -0.2) is 48.4 Å². The Bertz CT molecular complexity index is 54.2. The average molecular weight is 144 g/mol. The summed E-state index contributed by atoms with van der Waals surface area (Å²) in [5, 5.41) is 9.02. The van der Waals surface area contributed by atoms with Crippen molar-refractivity contribution >= 4 is 37.7 Å². The molecule has 2 heteroatoms. The van der Waals surface area contributed by atoms with Crippen molar-refractivity contribution in [3.05, 3.63) is 0 Å². The molecule has 1 nitrogen and oxygen atoms in total. The maximum atomic E-state index is 9.02. The predicted molar refractivity (Wildman–Crippen MR) is 39.2 cm³/mol. The largest absolute Gasteiger partial charge is 2.00 e. The molecule has 48 valence electrons. The maximum absolute atomic E-state index is 9.02. The molecule has 0 aliphatic rings. The summed E-state index contributed by atoms with van der Waals surface area (Å²) in [6, 6.07) is 0. The minimum atomic E-state index is -0.450. The first-order valence-corrected chi connectivity index (χ1v) is 2.78. The van der Waals surface area contributed by atoms with Gasteiger partial charge >= 0.3 is 37.7 Å². The fraction of sp³-hybridized carbons (Fsp3) is 1.00. The Labute approximate surface area is 84.4 Å². The van der Waals surface area contributed by atoms with Gasteiger partial charge in [-0.15, -0.1) is 0 Å². The molecule has 8 heavy (non-hydrogen) atoms. The first-order chi connectivity index (χ1) is 3.06. The number of rotatable bonds is 2. The monoisotopic (exact) mass is 144 g/mol. The normalized spacial score (nSPS) is 10.5. The number of hydrogen-bond donors (Lipinski definition) is 1. The SMILES string of the molecule is CCCC(C)(C)O.[Ca+2].[H-].[H-]. The Kier molecular flexibility index (Phi) is 7.53. The Balaban J connectivity index is -0.0000000600. The van der Waals surface area contributed by atoms with Gasteiger partial charge in [-0.05, 0) is 20.3 Å². The fourth-order valence-electron chi connectivity index (χ4n) is 0.612. The van der Waals surface area contributed by atoms with E-state index in [9.17, 15) is 0 Å². The number of hydrogen-bond acceptors (Lipinski definition) is 1. The minimum absolute atomic E-state index is 0. The van der Waals surface area contributed by atoms with Gasteiger partial charge in [-0.3, -0.25) is 0 Å². The molecular weight excluding hydrogens is 128 g/mol. The molecule has 0 spiro atoms. The third-order valence-corrected chi connectivity index (χ3v) is 0.862. The molecule has 0 amide bonds. The molecular formula is C6H16CaO. The Morgan fingerprint density at radius 1 is 1.50 bits per heavy atom. The fourth-order valence-corrected chi connectivity index (χ4v) is 0.612. The molecule has 0 saturated heterocycles. The summed E-state index contributed by atoms with van der Waals surface area (Å²) >= 11 is 0. The second-order valence-electron chi connectivity index (χ2n) is 2.56. The van der Waals surface area contributed by atoms with Crippen molar-refractivity contribution in [2.24, 2.45) is 0 Å². The predicted octanol–water partition coefficient (Wildman–Crippen LogP) is 1.40. The van der Waals surface area contributed by atoms with Gasteiger partial charge in [0.15, 0.2) is 0 Å². The molecule has 0 aromatic rings. The third kappa shape index (κ3) is 10.3. The van der Waals surface area contributed by atoms with Crippen LogP contribution in [0.2, 0.25) is 0 Å². The molecule has 1 N–H and O–H groups in total. The summed E-state index contributed by atoms with van der Waals surface area (Å²) in [6.07, 6.45) is 1.95. The quantitative estimate of drug-likeness (QED) is 0.581.